The average molecular weight is 423 g/mol. The SMILES string of the molecule is COc1ccc(-n2cc3sc4ccccc4c3c2O)cc1OCCN1CCCCC1. The minimum absolute atomic E-state index is 0.256. The van der Waals surface area contributed by atoms with E-state index in [1.54, 1.807) is 18.4 Å². The van der Waals surface area contributed by atoms with Gasteiger partial charge in [-0.05, 0) is 44.1 Å². The highest BCUT2D eigenvalue weighted by Crippen LogP contribution is 2.42. The van der Waals surface area contributed by atoms with E-state index < -0.39 is 0 Å². The van der Waals surface area contributed by atoms with Crippen LogP contribution in [-0.4, -0.2) is 47.9 Å². The minimum Gasteiger partial charge on any atom is -0.494 e. The van der Waals surface area contributed by atoms with E-state index >= 15 is 0 Å². The number of likely N-dealkylation sites (tertiary alicyclic amines) is 1. The van der Waals surface area contributed by atoms with Crippen molar-refractivity contribution in [2.24, 2.45) is 0 Å². The van der Waals surface area contributed by atoms with Gasteiger partial charge in [0.1, 0.15) is 6.61 Å². The lowest BCUT2D eigenvalue weighted by Gasteiger charge is -2.26. The molecule has 1 fully saturated rings. The van der Waals surface area contributed by atoms with Crippen LogP contribution < -0.4 is 9.47 Å². The second-order valence-corrected chi connectivity index (χ2v) is 8.83. The third kappa shape index (κ3) is 3.50. The van der Waals surface area contributed by atoms with Gasteiger partial charge in [-0.15, -0.1) is 11.3 Å². The fourth-order valence-corrected chi connectivity index (χ4v) is 5.40. The summed E-state index contributed by atoms with van der Waals surface area (Å²) in [4.78, 5) is 2.46. The van der Waals surface area contributed by atoms with Gasteiger partial charge in [0, 0.05) is 28.9 Å². The molecule has 1 aliphatic heterocycles. The molecule has 1 N–H and O–H groups in total. The zero-order valence-electron chi connectivity index (χ0n) is 17.1. The lowest BCUT2D eigenvalue weighted by Crippen LogP contribution is -2.33. The molecule has 0 amide bonds. The third-order valence-corrected chi connectivity index (χ3v) is 6.97. The Bertz CT molecular complexity index is 1170. The van der Waals surface area contributed by atoms with Crippen LogP contribution in [0.15, 0.2) is 48.7 Å². The predicted molar refractivity (Wildman–Crippen MR) is 123 cm³/mol. The molecule has 1 aliphatic rings. The largest absolute Gasteiger partial charge is 0.494 e. The first-order valence-corrected chi connectivity index (χ1v) is 11.3. The van der Waals surface area contributed by atoms with Gasteiger partial charge in [-0.25, -0.2) is 0 Å². The molecule has 1 saturated heterocycles. The molecule has 0 radical (unpaired) electrons. The van der Waals surface area contributed by atoms with Gasteiger partial charge in [-0.3, -0.25) is 9.47 Å². The average Bonchev–Trinajstić information content (AvgIpc) is 3.31. The normalized spacial score (nSPS) is 15.1. The maximum atomic E-state index is 11.0. The van der Waals surface area contributed by atoms with Gasteiger partial charge in [0.15, 0.2) is 11.5 Å². The maximum Gasteiger partial charge on any atom is 0.205 e. The van der Waals surface area contributed by atoms with Gasteiger partial charge in [-0.2, -0.15) is 0 Å². The molecule has 5 rings (SSSR count). The molecule has 0 bridgehead atoms. The highest BCUT2D eigenvalue weighted by atomic mass is 32.1. The monoisotopic (exact) mass is 422 g/mol. The number of hydrogen-bond acceptors (Lipinski definition) is 5. The van der Waals surface area contributed by atoms with Crippen molar-refractivity contribution in [1.29, 1.82) is 0 Å². The Balaban J connectivity index is 1.43. The Labute approximate surface area is 180 Å². The van der Waals surface area contributed by atoms with Crippen molar-refractivity contribution in [3.8, 4) is 23.1 Å². The zero-order chi connectivity index (χ0) is 20.5. The molecule has 2 aromatic heterocycles. The van der Waals surface area contributed by atoms with Crippen molar-refractivity contribution in [2.75, 3.05) is 33.4 Å². The van der Waals surface area contributed by atoms with Gasteiger partial charge in [0.2, 0.25) is 5.88 Å². The number of hydrogen-bond donors (Lipinski definition) is 1. The van der Waals surface area contributed by atoms with Crippen LogP contribution in [0.3, 0.4) is 0 Å². The van der Waals surface area contributed by atoms with Crippen LogP contribution >= 0.6 is 11.3 Å². The smallest absolute Gasteiger partial charge is 0.205 e. The van der Waals surface area contributed by atoms with E-state index in [2.05, 4.69) is 17.0 Å². The number of thiophene rings is 1. The molecular formula is C24H26N2O3S. The summed E-state index contributed by atoms with van der Waals surface area (Å²) in [6.07, 6.45) is 5.88. The van der Waals surface area contributed by atoms with E-state index in [-0.39, 0.29) is 5.88 Å². The van der Waals surface area contributed by atoms with Crippen LogP contribution in [0.2, 0.25) is 0 Å². The summed E-state index contributed by atoms with van der Waals surface area (Å²) in [5, 5.41) is 13.0. The Morgan fingerprint density at radius 1 is 1.00 bits per heavy atom. The molecule has 3 heterocycles. The molecule has 4 aromatic rings. The number of ether oxygens (including phenoxy) is 2. The molecule has 0 saturated carbocycles. The van der Waals surface area contributed by atoms with E-state index in [4.69, 9.17) is 9.47 Å². The summed E-state index contributed by atoms with van der Waals surface area (Å²) in [7, 11) is 1.65. The van der Waals surface area contributed by atoms with Crippen LogP contribution in [0.1, 0.15) is 19.3 Å². The number of methoxy groups -OCH3 is 1. The van der Waals surface area contributed by atoms with Crippen LogP contribution in [0.4, 0.5) is 0 Å². The molecular weight excluding hydrogens is 396 g/mol. The summed E-state index contributed by atoms with van der Waals surface area (Å²) < 4.78 is 15.7. The topological polar surface area (TPSA) is 46.9 Å². The molecule has 0 aliphatic carbocycles. The van der Waals surface area contributed by atoms with E-state index in [0.29, 0.717) is 18.1 Å². The Morgan fingerprint density at radius 3 is 2.67 bits per heavy atom. The third-order valence-electron chi connectivity index (χ3n) is 5.86. The Hall–Kier alpha value is -2.70. The molecule has 2 aromatic carbocycles. The molecule has 156 valence electrons. The molecule has 30 heavy (non-hydrogen) atoms. The lowest BCUT2D eigenvalue weighted by atomic mass is 10.1. The Kier molecular flexibility index (Phi) is 5.27. The summed E-state index contributed by atoms with van der Waals surface area (Å²) in [5.41, 5.74) is 0.855. The summed E-state index contributed by atoms with van der Waals surface area (Å²) >= 11 is 1.69. The van der Waals surface area contributed by atoms with Gasteiger partial charge in [0.25, 0.3) is 0 Å². The number of aromatic hydroxyl groups is 1. The molecule has 5 nitrogen and oxygen atoms in total. The Morgan fingerprint density at radius 2 is 1.83 bits per heavy atom. The van der Waals surface area contributed by atoms with Gasteiger partial charge in [0.05, 0.1) is 22.9 Å². The zero-order valence-corrected chi connectivity index (χ0v) is 18.0. The van der Waals surface area contributed by atoms with E-state index in [0.717, 1.165) is 40.8 Å². The standard InChI is InChI=1S/C24H26N2O3S/c1-28-19-10-9-17(15-20(19)29-14-13-25-11-5-2-6-12-25)26-16-22-23(24(26)27)18-7-3-4-8-21(18)30-22/h3-4,7-10,15-16,27H,2,5-6,11-14H2,1H3. The maximum absolute atomic E-state index is 11.0. The number of nitrogens with zero attached hydrogens (tertiary/aromatic N) is 2. The predicted octanol–water partition coefficient (Wildman–Crippen LogP) is 5.42. The minimum atomic E-state index is 0.256. The highest BCUT2D eigenvalue weighted by Gasteiger charge is 2.17. The van der Waals surface area contributed by atoms with E-state index in [1.165, 1.54) is 24.0 Å². The second-order valence-electron chi connectivity index (χ2n) is 7.75. The fraction of sp³-hybridized carbons (Fsp3) is 0.333. The second kappa shape index (κ2) is 8.20. The van der Waals surface area contributed by atoms with Crippen molar-refractivity contribution in [3.63, 3.8) is 0 Å². The van der Waals surface area contributed by atoms with Crippen LogP contribution in [0.25, 0.3) is 25.9 Å². The number of benzene rings is 2. The lowest BCUT2D eigenvalue weighted by molar-refractivity contribution is 0.180. The van der Waals surface area contributed by atoms with Gasteiger partial charge >= 0.3 is 0 Å². The molecule has 0 spiro atoms. The number of rotatable bonds is 6. The molecule has 6 heteroatoms. The van der Waals surface area contributed by atoms with Crippen molar-refractivity contribution in [3.05, 3.63) is 48.7 Å². The first kappa shape index (κ1) is 19.3. The molecule has 0 atom stereocenters. The van der Waals surface area contributed by atoms with Gasteiger partial charge < -0.3 is 14.6 Å². The highest BCUT2D eigenvalue weighted by molar-refractivity contribution is 7.25. The van der Waals surface area contributed by atoms with Crippen molar-refractivity contribution in [1.82, 2.24) is 9.47 Å². The van der Waals surface area contributed by atoms with Crippen LogP contribution in [0.5, 0.6) is 17.4 Å². The van der Waals surface area contributed by atoms with Crippen molar-refractivity contribution >= 4 is 31.5 Å². The first-order chi connectivity index (χ1) is 14.7. The number of piperidine rings is 1. The summed E-state index contributed by atoms with van der Waals surface area (Å²) in [5.74, 6) is 1.66. The summed E-state index contributed by atoms with van der Waals surface area (Å²) in [6.45, 7) is 3.85. The van der Waals surface area contributed by atoms with Crippen LogP contribution in [-0.2, 0) is 0 Å². The van der Waals surface area contributed by atoms with E-state index in [1.807, 2.05) is 41.1 Å². The fourth-order valence-electron chi connectivity index (χ4n) is 4.28. The first-order valence-electron chi connectivity index (χ1n) is 10.5. The summed E-state index contributed by atoms with van der Waals surface area (Å²) in [6, 6.07) is 14.0. The number of aromatic nitrogens is 1. The van der Waals surface area contributed by atoms with Crippen molar-refractivity contribution in [2.45, 2.75) is 19.3 Å². The van der Waals surface area contributed by atoms with Crippen molar-refractivity contribution < 1.29 is 14.6 Å². The number of fused-ring (bicyclic) bond motifs is 3. The molecule has 0 unspecified atom stereocenters. The van der Waals surface area contributed by atoms with E-state index in [9.17, 15) is 5.11 Å². The van der Waals surface area contributed by atoms with Crippen LogP contribution in [0, 0.1) is 0 Å². The quantitative estimate of drug-likeness (QED) is 0.450. The van der Waals surface area contributed by atoms with Gasteiger partial charge in [-0.1, -0.05) is 24.6 Å².